The molecule has 0 fully saturated rings. The Morgan fingerprint density at radius 1 is 1.35 bits per heavy atom. The summed E-state index contributed by atoms with van der Waals surface area (Å²) in [5, 5.41) is 13.2. The minimum atomic E-state index is -0.413. The predicted molar refractivity (Wildman–Crippen MR) is 86.3 cm³/mol. The number of hydrogen-bond donors (Lipinski definition) is 2. The van der Waals surface area contributed by atoms with E-state index in [2.05, 4.69) is 36.5 Å². The Balaban J connectivity index is 2.34. The van der Waals surface area contributed by atoms with Crippen molar-refractivity contribution in [3.63, 3.8) is 0 Å². The number of rotatable bonds is 10. The highest BCUT2D eigenvalue weighted by molar-refractivity contribution is 7.99. The van der Waals surface area contributed by atoms with Crippen LogP contribution < -0.4 is 5.32 Å². The normalized spacial score (nSPS) is 12.8. The molecule has 0 aliphatic rings. The number of hydrogen-bond acceptors (Lipinski definition) is 4. The summed E-state index contributed by atoms with van der Waals surface area (Å²) in [7, 11) is 0. The first-order valence-corrected chi connectivity index (χ1v) is 8.32. The van der Waals surface area contributed by atoms with Gasteiger partial charge in [0.05, 0.1) is 18.8 Å². The van der Waals surface area contributed by atoms with Gasteiger partial charge in [-0.15, -0.1) is 11.8 Å². The standard InChI is InChI=1S/C16H27NO2S/c1-4-8-17-10-14-6-5-7-16(9-14)20-12-15(18)11-19-13(2)3/h5-7,9,13,15,17-18H,4,8,10-12H2,1-3H3. The molecule has 4 heteroatoms. The van der Waals surface area contributed by atoms with E-state index in [0.717, 1.165) is 19.5 Å². The summed E-state index contributed by atoms with van der Waals surface area (Å²) in [5.74, 6) is 0.665. The highest BCUT2D eigenvalue weighted by Gasteiger charge is 2.07. The summed E-state index contributed by atoms with van der Waals surface area (Å²) in [6.07, 6.45) is 0.906. The van der Waals surface area contributed by atoms with Crippen LogP contribution in [0.2, 0.25) is 0 Å². The van der Waals surface area contributed by atoms with E-state index in [-0.39, 0.29) is 6.10 Å². The zero-order valence-corrected chi connectivity index (χ0v) is 13.6. The fourth-order valence-corrected chi connectivity index (χ4v) is 2.59. The largest absolute Gasteiger partial charge is 0.390 e. The fraction of sp³-hybridized carbons (Fsp3) is 0.625. The van der Waals surface area contributed by atoms with Gasteiger partial charge in [-0.05, 0) is 44.5 Å². The van der Waals surface area contributed by atoms with E-state index in [0.29, 0.717) is 12.4 Å². The average molecular weight is 297 g/mol. The van der Waals surface area contributed by atoms with Crippen molar-refractivity contribution in [3.8, 4) is 0 Å². The van der Waals surface area contributed by atoms with Crippen LogP contribution in [0.5, 0.6) is 0 Å². The zero-order chi connectivity index (χ0) is 14.8. The van der Waals surface area contributed by atoms with Gasteiger partial charge in [0.15, 0.2) is 0 Å². The van der Waals surface area contributed by atoms with E-state index >= 15 is 0 Å². The van der Waals surface area contributed by atoms with Crippen molar-refractivity contribution in [3.05, 3.63) is 29.8 Å². The van der Waals surface area contributed by atoms with Crippen molar-refractivity contribution in [2.24, 2.45) is 0 Å². The molecule has 0 aromatic heterocycles. The minimum absolute atomic E-state index is 0.169. The summed E-state index contributed by atoms with van der Waals surface area (Å²) in [5.41, 5.74) is 1.29. The molecule has 0 bridgehead atoms. The van der Waals surface area contributed by atoms with Crippen LogP contribution in [0.4, 0.5) is 0 Å². The molecular weight excluding hydrogens is 270 g/mol. The van der Waals surface area contributed by atoms with Crippen molar-refractivity contribution in [2.75, 3.05) is 18.9 Å². The van der Waals surface area contributed by atoms with E-state index in [1.807, 2.05) is 13.8 Å². The van der Waals surface area contributed by atoms with Crippen molar-refractivity contribution >= 4 is 11.8 Å². The number of nitrogens with one attached hydrogen (secondary N) is 1. The summed E-state index contributed by atoms with van der Waals surface area (Å²) >= 11 is 1.68. The molecule has 3 nitrogen and oxygen atoms in total. The SMILES string of the molecule is CCCNCc1cccc(SCC(O)COC(C)C)c1. The van der Waals surface area contributed by atoms with E-state index in [1.165, 1.54) is 10.5 Å². The molecule has 0 saturated heterocycles. The highest BCUT2D eigenvalue weighted by atomic mass is 32.2. The molecule has 20 heavy (non-hydrogen) atoms. The van der Waals surface area contributed by atoms with E-state index in [1.54, 1.807) is 11.8 Å². The lowest BCUT2D eigenvalue weighted by atomic mass is 10.2. The maximum Gasteiger partial charge on any atom is 0.0867 e. The third kappa shape index (κ3) is 7.90. The van der Waals surface area contributed by atoms with Gasteiger partial charge in [0.25, 0.3) is 0 Å². The Hall–Kier alpha value is -0.550. The molecule has 0 spiro atoms. The van der Waals surface area contributed by atoms with Crippen LogP contribution in [-0.2, 0) is 11.3 Å². The lowest BCUT2D eigenvalue weighted by molar-refractivity contribution is 0.0152. The van der Waals surface area contributed by atoms with Gasteiger partial charge in [-0.25, -0.2) is 0 Å². The second-order valence-corrected chi connectivity index (χ2v) is 6.26. The Labute approximate surface area is 127 Å². The molecule has 0 radical (unpaired) electrons. The third-order valence-electron chi connectivity index (χ3n) is 2.72. The summed E-state index contributed by atoms with van der Waals surface area (Å²) in [6, 6.07) is 8.47. The van der Waals surface area contributed by atoms with Gasteiger partial charge in [0, 0.05) is 17.2 Å². The molecule has 0 amide bonds. The summed E-state index contributed by atoms with van der Waals surface area (Å²) in [6.45, 7) is 8.48. The molecular formula is C16H27NO2S. The van der Waals surface area contributed by atoms with Crippen molar-refractivity contribution < 1.29 is 9.84 Å². The zero-order valence-electron chi connectivity index (χ0n) is 12.8. The van der Waals surface area contributed by atoms with Gasteiger partial charge in [0.1, 0.15) is 0 Å². The first-order chi connectivity index (χ1) is 9.61. The number of aliphatic hydroxyl groups is 1. The first-order valence-electron chi connectivity index (χ1n) is 7.34. The van der Waals surface area contributed by atoms with Crippen LogP contribution in [0, 0.1) is 0 Å². The maximum atomic E-state index is 9.84. The minimum Gasteiger partial charge on any atom is -0.390 e. The van der Waals surface area contributed by atoms with Crippen LogP contribution in [-0.4, -0.2) is 36.2 Å². The number of thioether (sulfide) groups is 1. The van der Waals surface area contributed by atoms with Gasteiger partial charge in [0.2, 0.25) is 0 Å². The Morgan fingerprint density at radius 3 is 2.85 bits per heavy atom. The lowest BCUT2D eigenvalue weighted by Gasteiger charge is -2.13. The van der Waals surface area contributed by atoms with Gasteiger partial charge >= 0.3 is 0 Å². The Bertz CT molecular complexity index is 371. The molecule has 1 atom stereocenters. The molecule has 1 aromatic rings. The first kappa shape index (κ1) is 17.5. The summed E-state index contributed by atoms with van der Waals surface area (Å²) in [4.78, 5) is 1.20. The van der Waals surface area contributed by atoms with E-state index < -0.39 is 6.10 Å². The van der Waals surface area contributed by atoms with Crippen molar-refractivity contribution in [1.29, 1.82) is 0 Å². The Kier molecular flexibility index (Phi) is 8.94. The maximum absolute atomic E-state index is 9.84. The number of aliphatic hydroxyl groups excluding tert-OH is 1. The highest BCUT2D eigenvalue weighted by Crippen LogP contribution is 2.20. The van der Waals surface area contributed by atoms with Crippen LogP contribution >= 0.6 is 11.8 Å². The molecule has 0 aliphatic heterocycles. The predicted octanol–water partition coefficient (Wildman–Crippen LogP) is 3.06. The molecule has 0 heterocycles. The van der Waals surface area contributed by atoms with Gasteiger partial charge in [-0.2, -0.15) is 0 Å². The smallest absolute Gasteiger partial charge is 0.0867 e. The molecule has 114 valence electrons. The van der Waals surface area contributed by atoms with Gasteiger partial charge in [-0.3, -0.25) is 0 Å². The molecule has 0 aliphatic carbocycles. The fourth-order valence-electron chi connectivity index (χ4n) is 1.70. The van der Waals surface area contributed by atoms with E-state index in [4.69, 9.17) is 4.74 Å². The topological polar surface area (TPSA) is 41.5 Å². The molecule has 2 N–H and O–H groups in total. The average Bonchev–Trinajstić information content (AvgIpc) is 2.43. The quantitative estimate of drug-likeness (QED) is 0.514. The second-order valence-electron chi connectivity index (χ2n) is 5.17. The van der Waals surface area contributed by atoms with Crippen LogP contribution in [0.15, 0.2) is 29.2 Å². The molecule has 1 unspecified atom stereocenters. The van der Waals surface area contributed by atoms with Gasteiger partial charge < -0.3 is 15.2 Å². The van der Waals surface area contributed by atoms with Crippen molar-refractivity contribution in [2.45, 2.75) is 50.8 Å². The van der Waals surface area contributed by atoms with Crippen LogP contribution in [0.3, 0.4) is 0 Å². The lowest BCUT2D eigenvalue weighted by Crippen LogP contribution is -2.20. The van der Waals surface area contributed by atoms with Crippen LogP contribution in [0.1, 0.15) is 32.8 Å². The molecule has 1 rings (SSSR count). The van der Waals surface area contributed by atoms with E-state index in [9.17, 15) is 5.11 Å². The van der Waals surface area contributed by atoms with Gasteiger partial charge in [-0.1, -0.05) is 19.1 Å². The van der Waals surface area contributed by atoms with Crippen molar-refractivity contribution in [1.82, 2.24) is 5.32 Å². The monoisotopic (exact) mass is 297 g/mol. The number of benzene rings is 1. The molecule has 1 aromatic carbocycles. The van der Waals surface area contributed by atoms with Crippen LogP contribution in [0.25, 0.3) is 0 Å². The number of ether oxygens (including phenoxy) is 1. The second kappa shape index (κ2) is 10.2. The Morgan fingerprint density at radius 2 is 2.15 bits per heavy atom. The summed E-state index contributed by atoms with van der Waals surface area (Å²) < 4.78 is 5.41. The third-order valence-corrected chi connectivity index (χ3v) is 3.86. The molecule has 0 saturated carbocycles.